The maximum Gasteiger partial charge on any atom is 0.153 e. The van der Waals surface area contributed by atoms with E-state index < -0.39 is 0 Å². The molecule has 0 radical (unpaired) electrons. The second-order valence-corrected chi connectivity index (χ2v) is 2.45. The van der Waals surface area contributed by atoms with Crippen molar-refractivity contribution in [1.29, 1.82) is 0 Å². The number of carbonyl (C=O) groups is 1. The second-order valence-electron chi connectivity index (χ2n) is 2.45. The van der Waals surface area contributed by atoms with Crippen molar-refractivity contribution in [1.82, 2.24) is 4.98 Å². The molecular formula is C8H10N2O. The first-order valence-corrected chi connectivity index (χ1v) is 3.32. The number of hydrogen-bond donors (Lipinski definition) is 0. The maximum atomic E-state index is 10.5. The molecule has 0 fully saturated rings. The van der Waals surface area contributed by atoms with Gasteiger partial charge in [-0.2, -0.15) is 0 Å². The van der Waals surface area contributed by atoms with Crippen LogP contribution in [0.1, 0.15) is 10.4 Å². The molecule has 0 saturated carbocycles. The molecule has 0 bridgehead atoms. The molecule has 0 aliphatic heterocycles. The summed E-state index contributed by atoms with van der Waals surface area (Å²) in [6.45, 7) is 0. The van der Waals surface area contributed by atoms with Crippen LogP contribution in [0.15, 0.2) is 18.5 Å². The highest BCUT2D eigenvalue weighted by molar-refractivity contribution is 5.83. The van der Waals surface area contributed by atoms with Crippen molar-refractivity contribution < 1.29 is 4.79 Å². The fourth-order valence-electron chi connectivity index (χ4n) is 0.897. The molecule has 0 N–H and O–H groups in total. The van der Waals surface area contributed by atoms with Gasteiger partial charge in [-0.1, -0.05) is 0 Å². The molecule has 0 aromatic carbocycles. The molecule has 0 atom stereocenters. The van der Waals surface area contributed by atoms with Crippen molar-refractivity contribution in [2.45, 2.75) is 0 Å². The van der Waals surface area contributed by atoms with Crippen LogP contribution in [0.5, 0.6) is 0 Å². The van der Waals surface area contributed by atoms with Gasteiger partial charge >= 0.3 is 0 Å². The van der Waals surface area contributed by atoms with Gasteiger partial charge < -0.3 is 4.90 Å². The molecule has 1 rings (SSSR count). The van der Waals surface area contributed by atoms with Gasteiger partial charge in [0.05, 0.1) is 5.56 Å². The average Bonchev–Trinajstić information content (AvgIpc) is 2.04. The van der Waals surface area contributed by atoms with Crippen LogP contribution in [0.2, 0.25) is 0 Å². The standard InChI is InChI=1S/C8H10N2O/c1-10(2)8-3-4-9-5-7(8)6-11/h3-6H,1-2H3. The summed E-state index contributed by atoms with van der Waals surface area (Å²) in [5.74, 6) is 0. The van der Waals surface area contributed by atoms with Gasteiger partial charge in [-0.3, -0.25) is 9.78 Å². The Morgan fingerprint density at radius 3 is 2.73 bits per heavy atom. The van der Waals surface area contributed by atoms with Crippen molar-refractivity contribution in [2.24, 2.45) is 0 Å². The summed E-state index contributed by atoms with van der Waals surface area (Å²) < 4.78 is 0. The summed E-state index contributed by atoms with van der Waals surface area (Å²) in [5, 5.41) is 0. The Kier molecular flexibility index (Phi) is 2.21. The third kappa shape index (κ3) is 1.55. The summed E-state index contributed by atoms with van der Waals surface area (Å²) in [7, 11) is 3.78. The Bertz CT molecular complexity index is 258. The first-order valence-electron chi connectivity index (χ1n) is 3.32. The average molecular weight is 150 g/mol. The highest BCUT2D eigenvalue weighted by Gasteiger charge is 2.00. The Morgan fingerprint density at radius 2 is 2.27 bits per heavy atom. The predicted molar refractivity (Wildman–Crippen MR) is 44.0 cm³/mol. The SMILES string of the molecule is CN(C)c1ccncc1C=O. The van der Waals surface area contributed by atoms with Gasteiger partial charge in [-0.05, 0) is 6.07 Å². The van der Waals surface area contributed by atoms with Crippen LogP contribution in [0, 0.1) is 0 Å². The lowest BCUT2D eigenvalue weighted by Crippen LogP contribution is -2.11. The zero-order valence-electron chi connectivity index (χ0n) is 6.61. The van der Waals surface area contributed by atoms with Gasteiger partial charge in [0.25, 0.3) is 0 Å². The zero-order valence-corrected chi connectivity index (χ0v) is 6.61. The zero-order chi connectivity index (χ0) is 8.27. The lowest BCUT2D eigenvalue weighted by atomic mass is 10.2. The summed E-state index contributed by atoms with van der Waals surface area (Å²) in [6, 6.07) is 1.81. The van der Waals surface area contributed by atoms with E-state index in [1.807, 2.05) is 25.1 Å². The molecule has 0 unspecified atom stereocenters. The van der Waals surface area contributed by atoms with E-state index in [2.05, 4.69) is 4.98 Å². The van der Waals surface area contributed by atoms with E-state index in [1.165, 1.54) is 0 Å². The molecule has 3 nitrogen and oxygen atoms in total. The molecule has 0 aliphatic rings. The number of anilines is 1. The van der Waals surface area contributed by atoms with Gasteiger partial charge in [0.2, 0.25) is 0 Å². The van der Waals surface area contributed by atoms with Crippen molar-refractivity contribution in [3.05, 3.63) is 24.0 Å². The van der Waals surface area contributed by atoms with E-state index >= 15 is 0 Å². The minimum atomic E-state index is 0.623. The van der Waals surface area contributed by atoms with E-state index in [4.69, 9.17) is 0 Å². The molecule has 0 saturated heterocycles. The Morgan fingerprint density at radius 1 is 1.55 bits per heavy atom. The molecule has 1 aromatic heterocycles. The van der Waals surface area contributed by atoms with Crippen LogP contribution in [0.25, 0.3) is 0 Å². The molecule has 11 heavy (non-hydrogen) atoms. The van der Waals surface area contributed by atoms with Crippen LogP contribution in [0.4, 0.5) is 5.69 Å². The smallest absolute Gasteiger partial charge is 0.153 e. The fourth-order valence-corrected chi connectivity index (χ4v) is 0.897. The number of pyridine rings is 1. The molecular weight excluding hydrogens is 140 g/mol. The molecule has 0 amide bonds. The van der Waals surface area contributed by atoms with Crippen LogP contribution in [-0.4, -0.2) is 25.4 Å². The van der Waals surface area contributed by atoms with E-state index in [9.17, 15) is 4.79 Å². The Labute approximate surface area is 65.7 Å². The topological polar surface area (TPSA) is 33.2 Å². The first-order chi connectivity index (χ1) is 5.25. The number of rotatable bonds is 2. The Hall–Kier alpha value is -1.38. The molecule has 1 aromatic rings. The summed E-state index contributed by atoms with van der Waals surface area (Å²) in [6.07, 6.45) is 4.03. The van der Waals surface area contributed by atoms with Gasteiger partial charge in [-0.15, -0.1) is 0 Å². The van der Waals surface area contributed by atoms with Gasteiger partial charge in [-0.25, -0.2) is 0 Å². The summed E-state index contributed by atoms with van der Waals surface area (Å²) in [4.78, 5) is 16.2. The van der Waals surface area contributed by atoms with Gasteiger partial charge in [0.15, 0.2) is 6.29 Å². The summed E-state index contributed by atoms with van der Waals surface area (Å²) in [5.41, 5.74) is 1.52. The number of aromatic nitrogens is 1. The minimum Gasteiger partial charge on any atom is -0.377 e. The van der Waals surface area contributed by atoms with Gasteiger partial charge in [0, 0.05) is 32.2 Å². The predicted octanol–water partition coefficient (Wildman–Crippen LogP) is 0.960. The van der Waals surface area contributed by atoms with Crippen molar-refractivity contribution in [3.63, 3.8) is 0 Å². The van der Waals surface area contributed by atoms with Crippen LogP contribution >= 0.6 is 0 Å². The third-order valence-corrected chi connectivity index (χ3v) is 1.44. The molecule has 0 aliphatic carbocycles. The fraction of sp³-hybridized carbons (Fsp3) is 0.250. The Balaban J connectivity index is 3.12. The van der Waals surface area contributed by atoms with E-state index in [0.717, 1.165) is 12.0 Å². The van der Waals surface area contributed by atoms with Crippen molar-refractivity contribution >= 4 is 12.0 Å². The lowest BCUT2D eigenvalue weighted by molar-refractivity contribution is 0.112. The number of hydrogen-bond acceptors (Lipinski definition) is 3. The number of aldehydes is 1. The first kappa shape index (κ1) is 7.72. The molecule has 58 valence electrons. The molecule has 1 heterocycles. The van der Waals surface area contributed by atoms with E-state index in [0.29, 0.717) is 5.56 Å². The second kappa shape index (κ2) is 3.14. The lowest BCUT2D eigenvalue weighted by Gasteiger charge is -2.13. The highest BCUT2D eigenvalue weighted by Crippen LogP contribution is 2.13. The molecule has 3 heteroatoms. The summed E-state index contributed by atoms with van der Waals surface area (Å²) >= 11 is 0. The largest absolute Gasteiger partial charge is 0.377 e. The van der Waals surface area contributed by atoms with Crippen molar-refractivity contribution in [3.8, 4) is 0 Å². The van der Waals surface area contributed by atoms with E-state index in [-0.39, 0.29) is 0 Å². The third-order valence-electron chi connectivity index (χ3n) is 1.44. The maximum absolute atomic E-state index is 10.5. The number of carbonyl (C=O) groups excluding carboxylic acids is 1. The van der Waals surface area contributed by atoms with Crippen LogP contribution in [-0.2, 0) is 0 Å². The van der Waals surface area contributed by atoms with E-state index in [1.54, 1.807) is 12.4 Å². The molecule has 0 spiro atoms. The van der Waals surface area contributed by atoms with Crippen LogP contribution < -0.4 is 4.90 Å². The monoisotopic (exact) mass is 150 g/mol. The van der Waals surface area contributed by atoms with Crippen molar-refractivity contribution in [2.75, 3.05) is 19.0 Å². The minimum absolute atomic E-state index is 0.623. The normalized spacial score (nSPS) is 9.27. The van der Waals surface area contributed by atoms with Gasteiger partial charge in [0.1, 0.15) is 0 Å². The van der Waals surface area contributed by atoms with Crippen LogP contribution in [0.3, 0.4) is 0 Å². The quantitative estimate of drug-likeness (QED) is 0.589. The highest BCUT2D eigenvalue weighted by atomic mass is 16.1. The number of nitrogens with zero attached hydrogens (tertiary/aromatic N) is 2.